The second-order valence-corrected chi connectivity index (χ2v) is 9.47. The lowest BCUT2D eigenvalue weighted by Gasteiger charge is -2.16. The number of halogens is 2. The van der Waals surface area contributed by atoms with Gasteiger partial charge >= 0.3 is 0 Å². The zero-order valence-electron chi connectivity index (χ0n) is 11.0. The zero-order chi connectivity index (χ0) is 13.8. The van der Waals surface area contributed by atoms with Crippen LogP contribution in [0.3, 0.4) is 0 Å². The van der Waals surface area contributed by atoms with E-state index in [-0.39, 0.29) is 0 Å². The van der Waals surface area contributed by atoms with Crippen molar-refractivity contribution < 1.29 is 0 Å². The molecule has 0 radical (unpaired) electrons. The molecule has 1 N–H and O–H groups in total. The van der Waals surface area contributed by atoms with E-state index in [2.05, 4.69) is 69.2 Å². The van der Waals surface area contributed by atoms with Gasteiger partial charge < -0.3 is 5.32 Å². The molecule has 2 aromatic rings. The maximum atomic E-state index is 3.66. The van der Waals surface area contributed by atoms with Gasteiger partial charge in [-0.15, -0.1) is 22.7 Å². The van der Waals surface area contributed by atoms with Crippen LogP contribution >= 0.6 is 54.5 Å². The van der Waals surface area contributed by atoms with E-state index in [1.54, 1.807) is 0 Å². The maximum absolute atomic E-state index is 3.66. The molecule has 0 amide bonds. The van der Waals surface area contributed by atoms with Crippen LogP contribution in [0.1, 0.15) is 34.7 Å². The lowest BCUT2D eigenvalue weighted by Crippen LogP contribution is -2.23. The summed E-state index contributed by atoms with van der Waals surface area (Å²) in [5.74, 6) is 0. The van der Waals surface area contributed by atoms with Crippen LogP contribution in [-0.4, -0.2) is 6.54 Å². The first-order valence-electron chi connectivity index (χ1n) is 6.33. The third-order valence-corrected chi connectivity index (χ3v) is 6.79. The molecule has 1 nitrogen and oxygen atoms in total. The second-order valence-electron chi connectivity index (χ2n) is 4.52. The van der Waals surface area contributed by atoms with E-state index in [0.29, 0.717) is 6.04 Å². The Morgan fingerprint density at radius 3 is 2.58 bits per heavy atom. The Bertz CT molecular complexity index is 514. The molecule has 2 heterocycles. The van der Waals surface area contributed by atoms with E-state index >= 15 is 0 Å². The third kappa shape index (κ3) is 4.39. The van der Waals surface area contributed by atoms with Crippen molar-refractivity contribution in [2.45, 2.75) is 32.7 Å². The zero-order valence-corrected chi connectivity index (χ0v) is 15.8. The molecule has 104 valence electrons. The summed E-state index contributed by atoms with van der Waals surface area (Å²) in [5, 5.41) is 3.66. The number of hydrogen-bond donors (Lipinski definition) is 1. The van der Waals surface area contributed by atoms with Crippen LogP contribution in [0.4, 0.5) is 0 Å². The summed E-state index contributed by atoms with van der Waals surface area (Å²) in [7, 11) is 0. The number of rotatable bonds is 6. The minimum atomic E-state index is 0.417. The van der Waals surface area contributed by atoms with Gasteiger partial charge in [-0.3, -0.25) is 0 Å². The van der Waals surface area contributed by atoms with E-state index < -0.39 is 0 Å². The van der Waals surface area contributed by atoms with Crippen molar-refractivity contribution in [2.75, 3.05) is 6.54 Å². The first-order chi connectivity index (χ1) is 9.10. The monoisotopic (exact) mass is 421 g/mol. The van der Waals surface area contributed by atoms with Crippen molar-refractivity contribution >= 4 is 54.5 Å². The van der Waals surface area contributed by atoms with Gasteiger partial charge in [0.15, 0.2) is 0 Å². The van der Waals surface area contributed by atoms with Gasteiger partial charge in [0, 0.05) is 22.2 Å². The van der Waals surface area contributed by atoms with Gasteiger partial charge in [-0.2, -0.15) is 0 Å². The Hall–Kier alpha value is 0.320. The van der Waals surface area contributed by atoms with Crippen molar-refractivity contribution in [3.63, 3.8) is 0 Å². The molecule has 0 aliphatic heterocycles. The summed E-state index contributed by atoms with van der Waals surface area (Å²) in [5.41, 5.74) is 1.33. The average molecular weight is 423 g/mol. The van der Waals surface area contributed by atoms with Gasteiger partial charge in [0.2, 0.25) is 0 Å². The molecule has 0 spiro atoms. The van der Waals surface area contributed by atoms with Gasteiger partial charge in [-0.05, 0) is 75.5 Å². The highest BCUT2D eigenvalue weighted by molar-refractivity contribution is 9.11. The molecule has 1 atom stereocenters. The molecule has 0 aliphatic rings. The average Bonchev–Trinajstić information content (AvgIpc) is 2.92. The van der Waals surface area contributed by atoms with Gasteiger partial charge in [0.1, 0.15) is 0 Å². The molecular weight excluding hydrogens is 406 g/mol. The highest BCUT2D eigenvalue weighted by Crippen LogP contribution is 2.34. The van der Waals surface area contributed by atoms with Crippen LogP contribution in [-0.2, 0) is 6.42 Å². The highest BCUT2D eigenvalue weighted by atomic mass is 79.9. The summed E-state index contributed by atoms with van der Waals surface area (Å²) >= 11 is 10.8. The Morgan fingerprint density at radius 1 is 1.26 bits per heavy atom. The number of hydrogen-bond acceptors (Lipinski definition) is 3. The van der Waals surface area contributed by atoms with E-state index in [1.807, 2.05) is 22.7 Å². The smallest absolute Gasteiger partial charge is 0.0731 e. The third-order valence-electron chi connectivity index (χ3n) is 2.89. The number of nitrogens with one attached hydrogen (secondary N) is 1. The lowest BCUT2D eigenvalue weighted by molar-refractivity contribution is 0.539. The molecule has 0 fully saturated rings. The van der Waals surface area contributed by atoms with Crippen LogP contribution in [0, 0.1) is 6.92 Å². The Balaban J connectivity index is 2.15. The van der Waals surface area contributed by atoms with E-state index in [0.717, 1.165) is 19.4 Å². The summed E-state index contributed by atoms with van der Waals surface area (Å²) < 4.78 is 2.46. The van der Waals surface area contributed by atoms with E-state index in [1.165, 1.54) is 22.9 Å². The minimum Gasteiger partial charge on any atom is -0.309 e. The van der Waals surface area contributed by atoms with Crippen LogP contribution in [0.2, 0.25) is 0 Å². The normalized spacial score (nSPS) is 12.8. The Kier molecular flexibility index (Phi) is 6.09. The van der Waals surface area contributed by atoms with Gasteiger partial charge in [-0.25, -0.2) is 0 Å². The molecule has 0 saturated carbocycles. The topological polar surface area (TPSA) is 12.0 Å². The Labute approximate surface area is 139 Å². The molecule has 1 unspecified atom stereocenters. The second kappa shape index (κ2) is 7.36. The minimum absolute atomic E-state index is 0.417. The molecule has 0 saturated heterocycles. The standard InChI is InChI=1S/C14H17Br2NS2/c1-3-6-17-11(8-10-4-5-13(15)18-10)12-7-9(2)14(16)19-12/h4-5,7,11,17H,3,6,8H2,1-2H3. The van der Waals surface area contributed by atoms with E-state index in [4.69, 9.17) is 0 Å². The van der Waals surface area contributed by atoms with Crippen molar-refractivity contribution in [2.24, 2.45) is 0 Å². The predicted molar refractivity (Wildman–Crippen MR) is 93.5 cm³/mol. The molecule has 0 aliphatic carbocycles. The summed E-state index contributed by atoms with van der Waals surface area (Å²) in [6, 6.07) is 7.06. The first-order valence-corrected chi connectivity index (χ1v) is 9.55. The summed E-state index contributed by atoms with van der Waals surface area (Å²) in [6.07, 6.45) is 2.22. The van der Waals surface area contributed by atoms with Crippen LogP contribution in [0.5, 0.6) is 0 Å². The fourth-order valence-electron chi connectivity index (χ4n) is 1.91. The van der Waals surface area contributed by atoms with Crippen molar-refractivity contribution in [3.05, 3.63) is 41.1 Å². The highest BCUT2D eigenvalue weighted by Gasteiger charge is 2.16. The quantitative estimate of drug-likeness (QED) is 0.608. The van der Waals surface area contributed by atoms with Gasteiger partial charge in [0.05, 0.1) is 7.57 Å². The summed E-state index contributed by atoms with van der Waals surface area (Å²) in [4.78, 5) is 2.84. The fraction of sp³-hybridized carbons (Fsp3) is 0.429. The molecule has 0 aromatic carbocycles. The molecule has 19 heavy (non-hydrogen) atoms. The molecule has 0 bridgehead atoms. The fourth-order valence-corrected chi connectivity index (χ4v) is 5.09. The predicted octanol–water partition coefficient (Wildman–Crippen LogP) is 5.93. The largest absolute Gasteiger partial charge is 0.309 e. The molecule has 5 heteroatoms. The number of aryl methyl sites for hydroxylation is 1. The molecule has 2 rings (SSSR count). The summed E-state index contributed by atoms with van der Waals surface area (Å²) in [6.45, 7) is 5.43. The molecular formula is C14H17Br2NS2. The van der Waals surface area contributed by atoms with Crippen molar-refractivity contribution in [1.29, 1.82) is 0 Å². The van der Waals surface area contributed by atoms with E-state index in [9.17, 15) is 0 Å². The van der Waals surface area contributed by atoms with Crippen molar-refractivity contribution in [3.8, 4) is 0 Å². The molecule has 2 aromatic heterocycles. The van der Waals surface area contributed by atoms with Gasteiger partial charge in [-0.1, -0.05) is 6.92 Å². The van der Waals surface area contributed by atoms with Crippen molar-refractivity contribution in [1.82, 2.24) is 5.32 Å². The maximum Gasteiger partial charge on any atom is 0.0731 e. The van der Waals surface area contributed by atoms with Crippen LogP contribution in [0.25, 0.3) is 0 Å². The lowest BCUT2D eigenvalue weighted by atomic mass is 10.1. The SMILES string of the molecule is CCCNC(Cc1ccc(Br)s1)c1cc(C)c(Br)s1. The van der Waals surface area contributed by atoms with Gasteiger partial charge in [0.25, 0.3) is 0 Å². The van der Waals surface area contributed by atoms with Crippen LogP contribution in [0.15, 0.2) is 25.8 Å². The number of thiophene rings is 2. The van der Waals surface area contributed by atoms with Crippen LogP contribution < -0.4 is 5.32 Å². The first kappa shape index (κ1) is 15.7. The Morgan fingerprint density at radius 2 is 2.05 bits per heavy atom.